The molecule has 0 saturated carbocycles. The minimum absolute atomic E-state index is 0.303. The van der Waals surface area contributed by atoms with E-state index in [2.05, 4.69) is 35.2 Å². The maximum atomic E-state index is 14.3. The van der Waals surface area contributed by atoms with Crippen LogP contribution in [-0.4, -0.2) is 32.2 Å². The molecule has 2 aromatic heterocycles. The summed E-state index contributed by atoms with van der Waals surface area (Å²) < 4.78 is 16.2. The first-order chi connectivity index (χ1) is 16.8. The van der Waals surface area contributed by atoms with E-state index in [-0.39, 0.29) is 5.82 Å². The Kier molecular flexibility index (Phi) is 6.78. The van der Waals surface area contributed by atoms with Crippen molar-refractivity contribution in [2.75, 3.05) is 11.9 Å². The summed E-state index contributed by atoms with van der Waals surface area (Å²) in [7, 11) is 0. The van der Waals surface area contributed by atoms with Crippen LogP contribution in [0.2, 0.25) is 0 Å². The molecular formula is C27H26FN5O2. The van der Waals surface area contributed by atoms with E-state index in [1.807, 2.05) is 23.6 Å². The van der Waals surface area contributed by atoms with Crippen molar-refractivity contribution in [2.24, 2.45) is 5.92 Å². The molecule has 2 N–H and O–H groups in total. The fourth-order valence-electron chi connectivity index (χ4n) is 4.33. The van der Waals surface area contributed by atoms with E-state index in [1.54, 1.807) is 18.2 Å². The summed E-state index contributed by atoms with van der Waals surface area (Å²) in [6.07, 6.45) is 2.12. The summed E-state index contributed by atoms with van der Waals surface area (Å²) >= 11 is 0. The van der Waals surface area contributed by atoms with Gasteiger partial charge < -0.3 is 15.0 Å². The van der Waals surface area contributed by atoms with E-state index in [1.165, 1.54) is 18.5 Å². The van der Waals surface area contributed by atoms with E-state index in [4.69, 9.17) is 0 Å². The van der Waals surface area contributed by atoms with Crippen molar-refractivity contribution in [1.82, 2.24) is 14.5 Å². The van der Waals surface area contributed by atoms with Gasteiger partial charge in [0.25, 0.3) is 0 Å². The maximum absolute atomic E-state index is 14.3. The molecule has 0 aliphatic carbocycles. The summed E-state index contributed by atoms with van der Waals surface area (Å²) in [5.74, 6) is -0.359. The smallest absolute Gasteiger partial charge is 0.335 e. The molecule has 7 nitrogen and oxygen atoms in total. The van der Waals surface area contributed by atoms with Crippen LogP contribution in [0.5, 0.6) is 0 Å². The molecule has 0 spiro atoms. The number of hydrogen-bond acceptors (Lipinski definition) is 5. The molecule has 4 rings (SSSR count). The summed E-state index contributed by atoms with van der Waals surface area (Å²) in [4.78, 5) is 20.3. The Morgan fingerprint density at radius 1 is 1.20 bits per heavy atom. The van der Waals surface area contributed by atoms with E-state index in [0.29, 0.717) is 59.0 Å². The van der Waals surface area contributed by atoms with Crippen molar-refractivity contribution >= 4 is 22.7 Å². The number of hydrogen-bond donors (Lipinski definition) is 2. The summed E-state index contributed by atoms with van der Waals surface area (Å²) in [5, 5.41) is 22.7. The van der Waals surface area contributed by atoms with Crippen LogP contribution in [0.1, 0.15) is 41.0 Å². The largest absolute Gasteiger partial charge is 0.478 e. The van der Waals surface area contributed by atoms with Crippen molar-refractivity contribution in [3.05, 3.63) is 77.0 Å². The van der Waals surface area contributed by atoms with Crippen LogP contribution in [0.25, 0.3) is 22.2 Å². The zero-order valence-electron chi connectivity index (χ0n) is 19.8. The Morgan fingerprint density at radius 3 is 2.71 bits per heavy atom. The van der Waals surface area contributed by atoms with Crippen LogP contribution in [0.3, 0.4) is 0 Å². The van der Waals surface area contributed by atoms with Gasteiger partial charge in [-0.05, 0) is 55.2 Å². The second kappa shape index (κ2) is 9.94. The molecule has 0 unspecified atom stereocenters. The molecule has 0 fully saturated rings. The molecule has 0 atom stereocenters. The lowest BCUT2D eigenvalue weighted by Gasteiger charge is -2.13. The summed E-state index contributed by atoms with van der Waals surface area (Å²) in [6, 6.07) is 13.8. The lowest BCUT2D eigenvalue weighted by atomic mass is 9.95. The van der Waals surface area contributed by atoms with Gasteiger partial charge in [0.05, 0.1) is 22.3 Å². The first kappa shape index (κ1) is 23.9. The number of aryl methyl sites for hydroxylation is 1. The van der Waals surface area contributed by atoms with Gasteiger partial charge in [0, 0.05) is 35.8 Å². The maximum Gasteiger partial charge on any atom is 0.335 e. The standard InChI is InChI=1S/C27H26FN5O2/c1-16(2)10-20-12-18(4-6-21(20)27(34)35)24-13-25(32-15-31-24)30-8-9-33-17(3)11-22-23(28)7-5-19(14-29)26(22)33/h4-7,11-13,15-16H,8-10H2,1-3H3,(H,34,35)(H,30,31,32). The van der Waals surface area contributed by atoms with Crippen molar-refractivity contribution in [2.45, 2.75) is 33.7 Å². The molecule has 178 valence electrons. The zero-order chi connectivity index (χ0) is 25.1. The first-order valence-corrected chi connectivity index (χ1v) is 11.4. The number of benzene rings is 2. The number of anilines is 1. The number of carboxylic acids is 1. The molecule has 0 bridgehead atoms. The number of rotatable bonds is 8. The minimum Gasteiger partial charge on any atom is -0.478 e. The number of halogens is 1. The highest BCUT2D eigenvalue weighted by Gasteiger charge is 2.15. The molecule has 0 saturated heterocycles. The highest BCUT2D eigenvalue weighted by Crippen LogP contribution is 2.27. The van der Waals surface area contributed by atoms with Crippen molar-refractivity contribution in [3.8, 4) is 17.3 Å². The van der Waals surface area contributed by atoms with Crippen molar-refractivity contribution in [3.63, 3.8) is 0 Å². The fourth-order valence-corrected chi connectivity index (χ4v) is 4.33. The van der Waals surface area contributed by atoms with E-state index in [9.17, 15) is 19.6 Å². The van der Waals surface area contributed by atoms with Crippen molar-refractivity contribution in [1.29, 1.82) is 5.26 Å². The highest BCUT2D eigenvalue weighted by atomic mass is 19.1. The van der Waals surface area contributed by atoms with Crippen LogP contribution in [-0.2, 0) is 13.0 Å². The average Bonchev–Trinajstić information content (AvgIpc) is 3.16. The summed E-state index contributed by atoms with van der Waals surface area (Å²) in [6.45, 7) is 7.00. The van der Waals surface area contributed by atoms with Gasteiger partial charge in [-0.25, -0.2) is 19.2 Å². The van der Waals surface area contributed by atoms with Gasteiger partial charge in [-0.1, -0.05) is 19.9 Å². The van der Waals surface area contributed by atoms with Crippen LogP contribution < -0.4 is 5.32 Å². The normalized spacial score (nSPS) is 11.1. The number of nitriles is 1. The lowest BCUT2D eigenvalue weighted by molar-refractivity contribution is 0.0695. The van der Waals surface area contributed by atoms with Crippen LogP contribution in [0, 0.1) is 30.0 Å². The topological polar surface area (TPSA) is 104 Å². The second-order valence-electron chi connectivity index (χ2n) is 8.90. The van der Waals surface area contributed by atoms with Crippen LogP contribution in [0.4, 0.5) is 10.2 Å². The molecular weight excluding hydrogens is 445 g/mol. The van der Waals surface area contributed by atoms with Gasteiger partial charge in [0.15, 0.2) is 0 Å². The molecule has 8 heteroatoms. The molecule has 2 heterocycles. The Balaban J connectivity index is 1.55. The number of aromatic carboxylic acids is 1. The third-order valence-electron chi connectivity index (χ3n) is 5.90. The Hall–Kier alpha value is -4.25. The second-order valence-corrected chi connectivity index (χ2v) is 8.90. The molecule has 4 aromatic rings. The number of fused-ring (bicyclic) bond motifs is 1. The quantitative estimate of drug-likeness (QED) is 0.355. The van der Waals surface area contributed by atoms with Gasteiger partial charge in [0.1, 0.15) is 24.0 Å². The lowest BCUT2D eigenvalue weighted by Crippen LogP contribution is -2.13. The Labute approximate surface area is 202 Å². The van der Waals surface area contributed by atoms with Crippen LogP contribution >= 0.6 is 0 Å². The third kappa shape index (κ3) is 4.99. The highest BCUT2D eigenvalue weighted by molar-refractivity contribution is 5.90. The molecule has 0 radical (unpaired) electrons. The zero-order valence-corrected chi connectivity index (χ0v) is 19.8. The van der Waals surface area contributed by atoms with Gasteiger partial charge in [0.2, 0.25) is 0 Å². The monoisotopic (exact) mass is 471 g/mol. The van der Waals surface area contributed by atoms with Gasteiger partial charge in [-0.3, -0.25) is 0 Å². The van der Waals surface area contributed by atoms with E-state index >= 15 is 0 Å². The van der Waals surface area contributed by atoms with Crippen LogP contribution in [0.15, 0.2) is 48.8 Å². The average molecular weight is 472 g/mol. The van der Waals surface area contributed by atoms with E-state index < -0.39 is 5.97 Å². The summed E-state index contributed by atoms with van der Waals surface area (Å²) in [5.41, 5.74) is 4.46. The number of carbonyl (C=O) groups is 1. The number of nitrogens with zero attached hydrogens (tertiary/aromatic N) is 4. The van der Waals surface area contributed by atoms with Gasteiger partial charge >= 0.3 is 5.97 Å². The van der Waals surface area contributed by atoms with Gasteiger partial charge in [-0.2, -0.15) is 5.26 Å². The fraction of sp³-hybridized carbons (Fsp3) is 0.259. The first-order valence-electron chi connectivity index (χ1n) is 11.4. The Morgan fingerprint density at radius 2 is 2.00 bits per heavy atom. The number of carboxylic acid groups (broad SMARTS) is 1. The third-order valence-corrected chi connectivity index (χ3v) is 5.90. The predicted molar refractivity (Wildman–Crippen MR) is 133 cm³/mol. The van der Waals surface area contributed by atoms with Gasteiger partial charge in [-0.15, -0.1) is 0 Å². The predicted octanol–water partition coefficient (Wildman–Crippen LogP) is 5.43. The molecule has 2 aromatic carbocycles. The Bertz CT molecular complexity index is 1450. The molecule has 0 amide bonds. The van der Waals surface area contributed by atoms with Crippen molar-refractivity contribution < 1.29 is 14.3 Å². The molecule has 0 aliphatic heterocycles. The molecule has 0 aliphatic rings. The minimum atomic E-state index is -0.940. The van der Waals surface area contributed by atoms with E-state index in [0.717, 1.165) is 16.8 Å². The number of nitrogens with one attached hydrogen (secondary N) is 1. The number of aromatic nitrogens is 3. The molecule has 35 heavy (non-hydrogen) atoms. The SMILES string of the molecule is Cc1cc2c(F)ccc(C#N)c2n1CCNc1cc(-c2ccc(C(=O)O)c(CC(C)C)c2)ncn1.